The van der Waals surface area contributed by atoms with Crippen molar-refractivity contribution in [3.63, 3.8) is 0 Å². The Kier molecular flexibility index (Phi) is 7.20. The number of hydrogen-bond donors (Lipinski definition) is 1. The molecule has 9 heavy (non-hydrogen) atoms. The molecule has 1 nitrogen and oxygen atoms in total. The fraction of sp³-hybridized carbons (Fsp3) is 0.200. The number of aromatic amines is 1. The van der Waals surface area contributed by atoms with Gasteiger partial charge < -0.3 is 24.8 Å². The Bertz CT molecular complexity index is 147. The molecule has 1 heterocycles. The molecule has 0 aliphatic rings. The molecular formula is C5H6Cl2IrN. The quantitative estimate of drug-likeness (QED) is 0.484. The van der Waals surface area contributed by atoms with Crippen LogP contribution in [0.25, 0.3) is 0 Å². The van der Waals surface area contributed by atoms with Crippen LogP contribution in [0.2, 0.25) is 0 Å². The zero-order chi connectivity index (χ0) is 5.28. The summed E-state index contributed by atoms with van der Waals surface area (Å²) in [4.78, 5) is 3.07. The van der Waals surface area contributed by atoms with Gasteiger partial charge in [-0.25, -0.2) is 0 Å². The van der Waals surface area contributed by atoms with E-state index in [1.807, 2.05) is 6.20 Å². The van der Waals surface area contributed by atoms with Crippen LogP contribution in [0.1, 0.15) is 5.56 Å². The molecule has 4 heteroatoms. The summed E-state index contributed by atoms with van der Waals surface area (Å²) in [5.41, 5.74) is 1.33. The molecule has 0 amide bonds. The van der Waals surface area contributed by atoms with Gasteiger partial charge in [0.05, 0.1) is 0 Å². The smallest absolute Gasteiger partial charge is 1.00 e. The first-order chi connectivity index (χ1) is 3.30. The Morgan fingerprint density at radius 3 is 2.11 bits per heavy atom. The van der Waals surface area contributed by atoms with Crippen molar-refractivity contribution in [2.75, 3.05) is 0 Å². The van der Waals surface area contributed by atoms with Crippen LogP contribution in [-0.2, 0) is 18.9 Å². The van der Waals surface area contributed by atoms with E-state index in [0.29, 0.717) is 0 Å². The average Bonchev–Trinajstić information content (AvgIpc) is 1.91. The van der Waals surface area contributed by atoms with Gasteiger partial charge in [0.1, 0.15) is 0 Å². The number of H-pyrrole nitrogens is 1. The van der Waals surface area contributed by atoms with E-state index < -0.39 is 0 Å². The van der Waals surface area contributed by atoms with Gasteiger partial charge in [-0.3, -0.25) is 0 Å². The van der Waals surface area contributed by atoms with Gasteiger partial charge in [0.2, 0.25) is 0 Å². The van der Waals surface area contributed by atoms with Crippen molar-refractivity contribution in [2.24, 2.45) is 0 Å². The van der Waals surface area contributed by atoms with E-state index in [4.69, 9.17) is 0 Å². The maximum absolute atomic E-state index is 3.07. The van der Waals surface area contributed by atoms with Gasteiger partial charge in [0.15, 0.2) is 0 Å². The summed E-state index contributed by atoms with van der Waals surface area (Å²) in [6, 6.07) is 2.06. The third-order valence-electron chi connectivity index (χ3n) is 0.866. The second kappa shape index (κ2) is 5.31. The van der Waals surface area contributed by atoms with E-state index >= 15 is 0 Å². The SMILES string of the molecule is Cc1cc[nH][c]1[Ir+2].[Cl-].[Cl-]. The van der Waals surface area contributed by atoms with E-state index in [1.54, 1.807) is 0 Å². The van der Waals surface area contributed by atoms with Gasteiger partial charge in [-0.2, -0.15) is 0 Å². The van der Waals surface area contributed by atoms with Crippen LogP contribution in [0, 0.1) is 6.92 Å². The largest absolute Gasteiger partial charge is 1.00 e. The molecule has 0 saturated carbocycles. The molecule has 0 saturated heterocycles. The molecule has 0 aliphatic heterocycles. The Balaban J connectivity index is 0. The van der Waals surface area contributed by atoms with Crippen molar-refractivity contribution in [3.05, 3.63) is 17.8 Å². The number of nitrogens with one attached hydrogen (secondary N) is 1. The number of halogens is 2. The van der Waals surface area contributed by atoms with E-state index in [2.05, 4.69) is 36.9 Å². The maximum atomic E-state index is 3.07. The predicted molar refractivity (Wildman–Crippen MR) is 25.2 cm³/mol. The molecule has 0 bridgehead atoms. The van der Waals surface area contributed by atoms with Crippen molar-refractivity contribution >= 4 is 4.21 Å². The maximum Gasteiger partial charge on any atom is -1.00 e. The fourth-order valence-electron chi connectivity index (χ4n) is 0.419. The monoisotopic (exact) mass is 343 g/mol. The zero-order valence-corrected chi connectivity index (χ0v) is 8.65. The molecule has 1 aromatic heterocycles. The number of rotatable bonds is 0. The first kappa shape index (κ1) is 12.2. The van der Waals surface area contributed by atoms with Crippen LogP contribution in [0.5, 0.6) is 0 Å². The van der Waals surface area contributed by atoms with Gasteiger partial charge in [-0.05, 0) is 0 Å². The second-order valence-electron chi connectivity index (χ2n) is 1.45. The van der Waals surface area contributed by atoms with Crippen LogP contribution in [0.3, 0.4) is 0 Å². The van der Waals surface area contributed by atoms with Gasteiger partial charge in [0, 0.05) is 0 Å². The van der Waals surface area contributed by atoms with E-state index in [-0.39, 0.29) is 24.8 Å². The normalized spacial score (nSPS) is 7.33. The Labute approximate surface area is 77.6 Å². The van der Waals surface area contributed by atoms with Crippen LogP contribution in [-0.4, -0.2) is 4.98 Å². The second-order valence-corrected chi connectivity index (χ2v) is 2.65. The van der Waals surface area contributed by atoms with Gasteiger partial charge in [0.25, 0.3) is 0 Å². The summed E-state index contributed by atoms with van der Waals surface area (Å²) in [6.45, 7) is 2.09. The van der Waals surface area contributed by atoms with Crippen LogP contribution >= 0.6 is 0 Å². The Morgan fingerprint density at radius 2 is 2.00 bits per heavy atom. The van der Waals surface area contributed by atoms with Gasteiger partial charge in [-0.1, -0.05) is 0 Å². The van der Waals surface area contributed by atoms with Gasteiger partial charge >= 0.3 is 52.8 Å². The van der Waals surface area contributed by atoms with Crippen LogP contribution in [0.4, 0.5) is 0 Å². The zero-order valence-electron chi connectivity index (χ0n) is 4.74. The molecular weight excluding hydrogens is 337 g/mol. The first-order valence-corrected chi connectivity index (χ1v) is 3.27. The third-order valence-corrected chi connectivity index (χ3v) is 2.16. The summed E-state index contributed by atoms with van der Waals surface area (Å²) in [7, 11) is 0. The van der Waals surface area contributed by atoms with Crippen LogP contribution < -0.4 is 29.0 Å². The van der Waals surface area contributed by atoms with Crippen LogP contribution in [0.15, 0.2) is 12.3 Å². The molecule has 1 aromatic rings. The first-order valence-electron chi connectivity index (χ1n) is 2.08. The summed E-state index contributed by atoms with van der Waals surface area (Å²) in [5, 5.41) is 0. The van der Waals surface area contributed by atoms with Crippen molar-refractivity contribution < 1.29 is 43.7 Å². The molecule has 0 spiro atoms. The van der Waals surface area contributed by atoms with E-state index in [1.165, 1.54) is 9.77 Å². The summed E-state index contributed by atoms with van der Waals surface area (Å²) < 4.78 is 1.26. The van der Waals surface area contributed by atoms with Crippen molar-refractivity contribution in [1.29, 1.82) is 0 Å². The minimum atomic E-state index is 0. The molecule has 1 N–H and O–H groups in total. The molecule has 0 radical (unpaired) electrons. The van der Waals surface area contributed by atoms with Gasteiger partial charge in [-0.15, -0.1) is 0 Å². The molecule has 54 valence electrons. The number of hydrogen-bond acceptors (Lipinski definition) is 0. The summed E-state index contributed by atoms with van der Waals surface area (Å²) in [5.74, 6) is 0. The van der Waals surface area contributed by atoms with E-state index in [0.717, 1.165) is 0 Å². The van der Waals surface area contributed by atoms with Crippen molar-refractivity contribution in [3.8, 4) is 0 Å². The standard InChI is InChI=1S/C5H6N.2ClH.Ir/c1-5-2-3-6-4-5;;;/h2-3,6H,1H3;2*1H;/q;;;+2/p-2. The van der Waals surface area contributed by atoms with Crippen molar-refractivity contribution in [2.45, 2.75) is 6.92 Å². The molecule has 1 rings (SSSR count). The number of aromatic nitrogens is 1. The molecule has 0 fully saturated rings. The molecule has 0 aliphatic carbocycles. The Hall–Kier alpha value is 0.509. The summed E-state index contributed by atoms with van der Waals surface area (Å²) in [6.07, 6.45) is 1.95. The topological polar surface area (TPSA) is 15.8 Å². The fourth-order valence-corrected chi connectivity index (χ4v) is 0.819. The van der Waals surface area contributed by atoms with E-state index in [9.17, 15) is 0 Å². The number of aryl methyl sites for hydroxylation is 1. The minimum absolute atomic E-state index is 0. The summed E-state index contributed by atoms with van der Waals surface area (Å²) >= 11 is 2.06. The molecule has 0 atom stereocenters. The third kappa shape index (κ3) is 3.26. The Morgan fingerprint density at radius 1 is 1.44 bits per heavy atom. The average molecular weight is 343 g/mol. The molecule has 0 unspecified atom stereocenters. The molecule has 0 aromatic carbocycles. The van der Waals surface area contributed by atoms with Crippen molar-refractivity contribution in [1.82, 2.24) is 4.98 Å². The predicted octanol–water partition coefficient (Wildman–Crippen LogP) is -5.50. The minimum Gasteiger partial charge on any atom is -1.00 e.